The van der Waals surface area contributed by atoms with Crippen LogP contribution in [0.1, 0.15) is 32.0 Å². The molecule has 5 nitrogen and oxygen atoms in total. The van der Waals surface area contributed by atoms with E-state index in [1.807, 2.05) is 20.8 Å². The van der Waals surface area contributed by atoms with E-state index in [1.165, 1.54) is 6.33 Å². The number of rotatable bonds is 0. The van der Waals surface area contributed by atoms with Gasteiger partial charge in [0.25, 0.3) is 0 Å². The first kappa shape index (κ1) is 12.1. The highest BCUT2D eigenvalue weighted by atomic mass is 35.5. The van der Waals surface area contributed by atoms with Gasteiger partial charge in [-0.3, -0.25) is 4.90 Å². The van der Waals surface area contributed by atoms with Crippen LogP contribution in [0.5, 0.6) is 0 Å². The normalized spacial score (nSPS) is 14.7. The topological polar surface area (TPSA) is 55.3 Å². The van der Waals surface area contributed by atoms with Crippen LogP contribution in [0.25, 0.3) is 0 Å². The van der Waals surface area contributed by atoms with Gasteiger partial charge in [0.15, 0.2) is 0 Å². The van der Waals surface area contributed by atoms with Gasteiger partial charge in [0, 0.05) is 5.56 Å². The maximum Gasteiger partial charge on any atom is 0.410 e. The lowest BCUT2D eigenvalue weighted by atomic mass is 10.2. The van der Waals surface area contributed by atoms with Crippen LogP contribution in [0, 0.1) is 0 Å². The number of ether oxygens (including phenoxy) is 1. The summed E-state index contributed by atoms with van der Waals surface area (Å²) in [5.74, 6) is 0. The summed E-state index contributed by atoms with van der Waals surface area (Å²) in [6.45, 7) is 6.33. The van der Waals surface area contributed by atoms with Crippen molar-refractivity contribution < 1.29 is 9.53 Å². The minimum absolute atomic E-state index is 0.355. The summed E-state index contributed by atoms with van der Waals surface area (Å²) in [5.41, 5.74) is 1.09. The molecule has 1 aliphatic rings. The van der Waals surface area contributed by atoms with Crippen molar-refractivity contribution in [3.05, 3.63) is 22.7 Å². The van der Waals surface area contributed by atoms with E-state index in [1.54, 1.807) is 4.90 Å². The number of nitrogens with zero attached hydrogens (tertiary/aromatic N) is 3. The monoisotopic (exact) mass is 255 g/mol. The Morgan fingerprint density at radius 3 is 2.71 bits per heavy atom. The van der Waals surface area contributed by atoms with Crippen LogP contribution in [0.2, 0.25) is 5.15 Å². The Balaban J connectivity index is 2.10. The molecule has 0 aliphatic carbocycles. The van der Waals surface area contributed by atoms with Gasteiger partial charge in [0.2, 0.25) is 0 Å². The number of aromatic nitrogens is 2. The summed E-state index contributed by atoms with van der Waals surface area (Å²) in [5, 5.41) is 0.404. The molecule has 0 unspecified atom stereocenters. The molecule has 1 aromatic heterocycles. The van der Waals surface area contributed by atoms with E-state index in [-0.39, 0.29) is 6.09 Å². The molecule has 17 heavy (non-hydrogen) atoms. The van der Waals surface area contributed by atoms with E-state index in [9.17, 15) is 4.79 Å². The van der Waals surface area contributed by atoms with E-state index in [2.05, 4.69) is 9.97 Å². The molecular weight excluding hydrogens is 242 g/mol. The van der Waals surface area contributed by atoms with Crippen LogP contribution in [-0.2, 0) is 17.8 Å². The fourth-order valence-electron chi connectivity index (χ4n) is 1.60. The lowest BCUT2D eigenvalue weighted by Crippen LogP contribution is -2.33. The second kappa shape index (κ2) is 4.14. The zero-order valence-corrected chi connectivity index (χ0v) is 10.8. The van der Waals surface area contributed by atoms with Crippen molar-refractivity contribution in [2.24, 2.45) is 0 Å². The molecule has 2 heterocycles. The fourth-order valence-corrected chi connectivity index (χ4v) is 1.81. The number of hydrogen-bond donors (Lipinski definition) is 0. The molecule has 0 bridgehead atoms. The number of hydrogen-bond acceptors (Lipinski definition) is 4. The van der Waals surface area contributed by atoms with E-state index < -0.39 is 5.60 Å². The molecule has 2 rings (SSSR count). The molecule has 0 aromatic carbocycles. The largest absolute Gasteiger partial charge is 0.444 e. The van der Waals surface area contributed by atoms with Crippen molar-refractivity contribution >= 4 is 17.7 Å². The fraction of sp³-hybridized carbons (Fsp3) is 0.545. The van der Waals surface area contributed by atoms with Crippen molar-refractivity contribution in [1.82, 2.24) is 14.9 Å². The average Bonchev–Trinajstić information content (AvgIpc) is 2.60. The molecule has 0 saturated carbocycles. The second-order valence-electron chi connectivity index (χ2n) is 4.93. The Morgan fingerprint density at radius 1 is 1.41 bits per heavy atom. The molecule has 0 radical (unpaired) electrons. The molecule has 1 aromatic rings. The van der Waals surface area contributed by atoms with Crippen LogP contribution in [-0.4, -0.2) is 26.6 Å². The van der Waals surface area contributed by atoms with Gasteiger partial charge in [0.1, 0.15) is 17.1 Å². The average molecular weight is 256 g/mol. The Kier molecular flexibility index (Phi) is 2.95. The lowest BCUT2D eigenvalue weighted by molar-refractivity contribution is 0.0240. The Morgan fingerprint density at radius 2 is 2.12 bits per heavy atom. The molecule has 6 heteroatoms. The van der Waals surface area contributed by atoms with Gasteiger partial charge in [-0.15, -0.1) is 0 Å². The quantitative estimate of drug-likeness (QED) is 0.668. The van der Waals surface area contributed by atoms with E-state index in [0.29, 0.717) is 18.2 Å². The minimum atomic E-state index is -0.499. The van der Waals surface area contributed by atoms with Crippen molar-refractivity contribution in [2.45, 2.75) is 39.5 Å². The van der Waals surface area contributed by atoms with E-state index >= 15 is 0 Å². The van der Waals surface area contributed by atoms with E-state index in [4.69, 9.17) is 16.3 Å². The molecule has 0 N–H and O–H groups in total. The maximum atomic E-state index is 11.9. The summed E-state index contributed by atoms with van der Waals surface area (Å²) in [7, 11) is 0. The van der Waals surface area contributed by atoms with Crippen LogP contribution >= 0.6 is 11.6 Å². The number of fused-ring (bicyclic) bond motifs is 1. The van der Waals surface area contributed by atoms with Gasteiger partial charge in [-0.05, 0) is 20.8 Å². The van der Waals surface area contributed by atoms with Gasteiger partial charge >= 0.3 is 6.09 Å². The van der Waals surface area contributed by atoms with Crippen LogP contribution < -0.4 is 0 Å². The van der Waals surface area contributed by atoms with Crippen molar-refractivity contribution in [3.8, 4) is 0 Å². The summed E-state index contributed by atoms with van der Waals surface area (Å²) in [6.07, 6.45) is 1.05. The Labute approximate surface area is 105 Å². The summed E-state index contributed by atoms with van der Waals surface area (Å²) < 4.78 is 5.29. The standard InChI is InChI=1S/C11H14ClN3O2/c1-11(2,3)17-10(16)15-4-7-8(5-15)13-6-14-9(7)12/h6H,4-5H2,1-3H3. The van der Waals surface area contributed by atoms with Crippen molar-refractivity contribution in [3.63, 3.8) is 0 Å². The first-order chi connectivity index (χ1) is 7.87. The molecule has 1 amide bonds. The third-order valence-corrected chi connectivity index (χ3v) is 2.65. The zero-order chi connectivity index (χ0) is 12.6. The highest BCUT2D eigenvalue weighted by Gasteiger charge is 2.30. The number of carbonyl (C=O) groups excluding carboxylic acids is 1. The molecular formula is C11H14ClN3O2. The SMILES string of the molecule is CC(C)(C)OC(=O)N1Cc2ncnc(Cl)c2C1. The summed E-state index contributed by atoms with van der Waals surface area (Å²) in [4.78, 5) is 21.4. The Hall–Kier alpha value is -1.36. The van der Waals surface area contributed by atoms with Crippen molar-refractivity contribution in [2.75, 3.05) is 0 Å². The number of halogens is 1. The van der Waals surface area contributed by atoms with E-state index in [0.717, 1.165) is 11.3 Å². The van der Waals surface area contributed by atoms with Gasteiger partial charge in [-0.2, -0.15) is 0 Å². The molecule has 92 valence electrons. The van der Waals surface area contributed by atoms with Crippen LogP contribution in [0.4, 0.5) is 4.79 Å². The summed E-state index contributed by atoms with van der Waals surface area (Å²) in [6, 6.07) is 0. The van der Waals surface area contributed by atoms with Gasteiger partial charge in [-0.1, -0.05) is 11.6 Å². The predicted molar refractivity (Wildman–Crippen MR) is 62.5 cm³/mol. The second-order valence-corrected chi connectivity index (χ2v) is 5.28. The van der Waals surface area contributed by atoms with Crippen molar-refractivity contribution in [1.29, 1.82) is 0 Å². The highest BCUT2D eigenvalue weighted by Crippen LogP contribution is 2.26. The maximum absolute atomic E-state index is 11.9. The van der Waals surface area contributed by atoms with Crippen LogP contribution in [0.3, 0.4) is 0 Å². The molecule has 0 atom stereocenters. The summed E-state index contributed by atoms with van der Waals surface area (Å²) >= 11 is 5.94. The van der Waals surface area contributed by atoms with Gasteiger partial charge < -0.3 is 4.74 Å². The zero-order valence-electron chi connectivity index (χ0n) is 10.0. The molecule has 0 saturated heterocycles. The van der Waals surface area contributed by atoms with Crippen LogP contribution in [0.15, 0.2) is 6.33 Å². The Bertz CT molecular complexity index is 457. The first-order valence-corrected chi connectivity index (χ1v) is 5.71. The molecule has 0 spiro atoms. The molecule has 1 aliphatic heterocycles. The third-order valence-electron chi connectivity index (χ3n) is 2.32. The first-order valence-electron chi connectivity index (χ1n) is 5.33. The number of amides is 1. The smallest absolute Gasteiger partial charge is 0.410 e. The van der Waals surface area contributed by atoms with Gasteiger partial charge in [-0.25, -0.2) is 14.8 Å². The molecule has 0 fully saturated rings. The predicted octanol–water partition coefficient (Wildman–Crippen LogP) is 2.38. The third kappa shape index (κ3) is 2.66. The number of carbonyl (C=O) groups is 1. The minimum Gasteiger partial charge on any atom is -0.444 e. The van der Waals surface area contributed by atoms with Gasteiger partial charge in [0.05, 0.1) is 18.8 Å². The highest BCUT2D eigenvalue weighted by molar-refractivity contribution is 6.30. The lowest BCUT2D eigenvalue weighted by Gasteiger charge is -2.23.